The largest absolute Gasteiger partial charge is 0.376 e. The molecule has 2 N–H and O–H groups in total. The van der Waals surface area contributed by atoms with Crippen molar-refractivity contribution < 1.29 is 4.74 Å². The Hall–Kier alpha value is -0.340. The van der Waals surface area contributed by atoms with E-state index in [1.54, 1.807) is 0 Å². The van der Waals surface area contributed by atoms with Crippen LogP contribution in [0.2, 0.25) is 0 Å². The summed E-state index contributed by atoms with van der Waals surface area (Å²) in [7, 11) is 0. The smallest absolute Gasteiger partial charge is 0.0787 e. The molecular formula is C15H29NO. The van der Waals surface area contributed by atoms with Gasteiger partial charge < -0.3 is 10.5 Å². The molecule has 0 saturated heterocycles. The molecule has 0 saturated carbocycles. The van der Waals surface area contributed by atoms with Crippen LogP contribution in [-0.2, 0) is 4.74 Å². The van der Waals surface area contributed by atoms with E-state index < -0.39 is 0 Å². The number of hydrogen-bond acceptors (Lipinski definition) is 2. The van der Waals surface area contributed by atoms with Crippen LogP contribution >= 0.6 is 0 Å². The molecule has 1 rings (SSSR count). The first-order chi connectivity index (χ1) is 8.16. The van der Waals surface area contributed by atoms with Gasteiger partial charge in [-0.1, -0.05) is 38.3 Å². The van der Waals surface area contributed by atoms with Crippen LogP contribution in [0.5, 0.6) is 0 Å². The van der Waals surface area contributed by atoms with Crippen LogP contribution < -0.4 is 5.73 Å². The molecule has 0 aliphatic heterocycles. The molecule has 0 aromatic rings. The van der Waals surface area contributed by atoms with E-state index in [0.717, 1.165) is 13.0 Å². The second-order valence-corrected chi connectivity index (χ2v) is 5.42. The molecule has 17 heavy (non-hydrogen) atoms. The Balaban J connectivity index is 2.66. The molecule has 100 valence electrons. The zero-order chi connectivity index (χ0) is 12.7. The van der Waals surface area contributed by atoms with E-state index in [1.165, 1.54) is 37.7 Å². The summed E-state index contributed by atoms with van der Waals surface area (Å²) < 4.78 is 5.82. The molecule has 0 aromatic carbocycles. The van der Waals surface area contributed by atoms with E-state index >= 15 is 0 Å². The molecule has 1 aliphatic carbocycles. The third-order valence-corrected chi connectivity index (χ3v) is 3.62. The van der Waals surface area contributed by atoms with Gasteiger partial charge in [0.25, 0.3) is 0 Å². The van der Waals surface area contributed by atoms with Crippen molar-refractivity contribution in [2.75, 3.05) is 6.61 Å². The fourth-order valence-corrected chi connectivity index (χ4v) is 2.63. The lowest BCUT2D eigenvalue weighted by Crippen LogP contribution is -2.42. The molecule has 0 aromatic heterocycles. The van der Waals surface area contributed by atoms with Gasteiger partial charge in [-0.05, 0) is 38.5 Å². The topological polar surface area (TPSA) is 35.2 Å². The Morgan fingerprint density at radius 2 is 1.94 bits per heavy atom. The average Bonchev–Trinajstić information content (AvgIpc) is 2.24. The van der Waals surface area contributed by atoms with Crippen molar-refractivity contribution >= 4 is 0 Å². The van der Waals surface area contributed by atoms with E-state index in [0.29, 0.717) is 5.92 Å². The maximum atomic E-state index is 6.41. The number of rotatable bonds is 5. The first-order valence-electron chi connectivity index (χ1n) is 7.23. The Morgan fingerprint density at radius 1 is 1.24 bits per heavy atom. The summed E-state index contributed by atoms with van der Waals surface area (Å²) in [6.07, 6.45) is 10.2. The van der Waals surface area contributed by atoms with Crippen molar-refractivity contribution in [1.82, 2.24) is 0 Å². The molecule has 2 heteroatoms. The van der Waals surface area contributed by atoms with Crippen molar-refractivity contribution in [2.45, 2.75) is 71.4 Å². The van der Waals surface area contributed by atoms with Crippen LogP contribution in [0.25, 0.3) is 0 Å². The van der Waals surface area contributed by atoms with Crippen LogP contribution in [0.3, 0.4) is 0 Å². The second-order valence-electron chi connectivity index (χ2n) is 5.42. The van der Waals surface area contributed by atoms with Crippen LogP contribution in [-0.4, -0.2) is 18.8 Å². The zero-order valence-electron chi connectivity index (χ0n) is 11.7. The lowest BCUT2D eigenvalue weighted by Gasteiger charge is -2.29. The Kier molecular flexibility index (Phi) is 6.83. The molecule has 0 heterocycles. The molecule has 0 radical (unpaired) electrons. The minimum Gasteiger partial charge on any atom is -0.376 e. The van der Waals surface area contributed by atoms with Gasteiger partial charge in [-0.15, -0.1) is 0 Å². The number of ether oxygens (including phenoxy) is 1. The highest BCUT2D eigenvalue weighted by atomic mass is 16.5. The van der Waals surface area contributed by atoms with Gasteiger partial charge in [0.15, 0.2) is 0 Å². The second kappa shape index (κ2) is 7.88. The third kappa shape index (κ3) is 4.81. The van der Waals surface area contributed by atoms with Crippen molar-refractivity contribution in [1.29, 1.82) is 0 Å². The normalized spacial score (nSPS) is 21.6. The highest BCUT2D eigenvalue weighted by Gasteiger charge is 2.24. The van der Waals surface area contributed by atoms with Crippen molar-refractivity contribution in [3.8, 4) is 0 Å². The summed E-state index contributed by atoms with van der Waals surface area (Å²) >= 11 is 0. The maximum absolute atomic E-state index is 6.41. The Morgan fingerprint density at radius 3 is 2.59 bits per heavy atom. The molecule has 0 spiro atoms. The quantitative estimate of drug-likeness (QED) is 0.743. The minimum absolute atomic E-state index is 0.0908. The molecule has 1 aliphatic rings. The lowest BCUT2D eigenvalue weighted by molar-refractivity contribution is 0.0194. The number of nitrogens with two attached hydrogens (primary N) is 1. The van der Waals surface area contributed by atoms with Gasteiger partial charge >= 0.3 is 0 Å². The molecule has 2 atom stereocenters. The van der Waals surface area contributed by atoms with Crippen molar-refractivity contribution in [3.63, 3.8) is 0 Å². The van der Waals surface area contributed by atoms with E-state index in [9.17, 15) is 0 Å². The van der Waals surface area contributed by atoms with Gasteiger partial charge in [0.05, 0.1) is 12.1 Å². The van der Waals surface area contributed by atoms with Crippen LogP contribution in [0.1, 0.15) is 59.3 Å². The van der Waals surface area contributed by atoms with Crippen LogP contribution in [0, 0.1) is 5.92 Å². The Bertz CT molecular complexity index is 235. The van der Waals surface area contributed by atoms with Crippen LogP contribution in [0.4, 0.5) is 0 Å². The first-order valence-corrected chi connectivity index (χ1v) is 7.23. The monoisotopic (exact) mass is 239 g/mol. The highest BCUT2D eigenvalue weighted by Crippen LogP contribution is 2.23. The minimum atomic E-state index is 0.0908. The predicted octanol–water partition coefficient (Wildman–Crippen LogP) is 3.66. The van der Waals surface area contributed by atoms with Gasteiger partial charge in [0.1, 0.15) is 0 Å². The van der Waals surface area contributed by atoms with E-state index in [2.05, 4.69) is 26.8 Å². The molecule has 2 nitrogen and oxygen atoms in total. The fourth-order valence-electron chi connectivity index (χ4n) is 2.63. The third-order valence-electron chi connectivity index (χ3n) is 3.62. The van der Waals surface area contributed by atoms with Gasteiger partial charge in [0, 0.05) is 6.61 Å². The summed E-state index contributed by atoms with van der Waals surface area (Å²) in [5.74, 6) is 0.483. The molecule has 2 unspecified atom stereocenters. The van der Waals surface area contributed by atoms with Gasteiger partial charge in [0.2, 0.25) is 0 Å². The molecule has 0 bridgehead atoms. The SMILES string of the molecule is CCOC(C(C)C)C(N)C1=CCCCCCC1. The van der Waals surface area contributed by atoms with Crippen molar-refractivity contribution in [3.05, 3.63) is 11.6 Å². The van der Waals surface area contributed by atoms with E-state index in [-0.39, 0.29) is 12.1 Å². The molecule has 0 fully saturated rings. The molecular weight excluding hydrogens is 210 g/mol. The lowest BCUT2D eigenvalue weighted by atomic mass is 9.88. The number of hydrogen-bond donors (Lipinski definition) is 1. The average molecular weight is 239 g/mol. The number of allylic oxidation sites excluding steroid dienone is 1. The summed E-state index contributed by atoms with van der Waals surface area (Å²) in [5, 5.41) is 0. The summed E-state index contributed by atoms with van der Waals surface area (Å²) in [5.41, 5.74) is 7.83. The first kappa shape index (κ1) is 14.7. The molecule has 0 amide bonds. The van der Waals surface area contributed by atoms with Crippen LogP contribution in [0.15, 0.2) is 11.6 Å². The standard InChI is InChI=1S/C15H29NO/c1-4-17-15(12(2)3)14(16)13-10-8-6-5-7-9-11-13/h10,12,14-15H,4-9,11,16H2,1-3H3. The fraction of sp³-hybridized carbons (Fsp3) is 0.867. The van der Waals surface area contributed by atoms with Gasteiger partial charge in [-0.25, -0.2) is 0 Å². The van der Waals surface area contributed by atoms with Gasteiger partial charge in [-0.2, -0.15) is 0 Å². The summed E-state index contributed by atoms with van der Waals surface area (Å²) in [6.45, 7) is 7.20. The zero-order valence-corrected chi connectivity index (χ0v) is 11.7. The predicted molar refractivity (Wildman–Crippen MR) is 74.0 cm³/mol. The van der Waals surface area contributed by atoms with E-state index in [4.69, 9.17) is 10.5 Å². The van der Waals surface area contributed by atoms with E-state index in [1.807, 2.05) is 0 Å². The highest BCUT2D eigenvalue weighted by molar-refractivity contribution is 5.13. The maximum Gasteiger partial charge on any atom is 0.0787 e. The summed E-state index contributed by atoms with van der Waals surface area (Å²) in [4.78, 5) is 0. The van der Waals surface area contributed by atoms with Gasteiger partial charge in [-0.3, -0.25) is 0 Å². The Labute approximate surface area is 107 Å². The van der Waals surface area contributed by atoms with Crippen molar-refractivity contribution in [2.24, 2.45) is 11.7 Å². The summed E-state index contributed by atoms with van der Waals surface area (Å²) in [6, 6.07) is 0.0908.